The van der Waals surface area contributed by atoms with Gasteiger partial charge >= 0.3 is 0 Å². The molecule has 0 amide bonds. The summed E-state index contributed by atoms with van der Waals surface area (Å²) in [6.45, 7) is 6.85. The first-order chi connectivity index (χ1) is 8.72. The van der Waals surface area contributed by atoms with Crippen molar-refractivity contribution in [1.82, 2.24) is 9.80 Å². The minimum Gasteiger partial charge on any atom is -0.378 e. The summed E-state index contributed by atoms with van der Waals surface area (Å²) in [6.07, 6.45) is 12.2. The summed E-state index contributed by atoms with van der Waals surface area (Å²) in [5.41, 5.74) is -0.830. The largest absolute Gasteiger partial charge is 0.378 e. The van der Waals surface area contributed by atoms with Crippen molar-refractivity contribution < 1.29 is 5.11 Å². The SMILES string of the molecule is C#CC1(O)CCN(CCCN2CCCCC2)CC1. The van der Waals surface area contributed by atoms with E-state index in [4.69, 9.17) is 6.42 Å². The third kappa shape index (κ3) is 3.98. The van der Waals surface area contributed by atoms with Crippen LogP contribution in [0, 0.1) is 12.3 Å². The van der Waals surface area contributed by atoms with Gasteiger partial charge in [0.1, 0.15) is 5.60 Å². The molecule has 0 bridgehead atoms. The normalized spacial score (nSPS) is 25.8. The molecule has 1 N–H and O–H groups in total. The zero-order valence-electron chi connectivity index (χ0n) is 11.4. The quantitative estimate of drug-likeness (QED) is 0.762. The molecule has 0 aliphatic carbocycles. The molecule has 3 nitrogen and oxygen atoms in total. The van der Waals surface area contributed by atoms with Gasteiger partial charge in [0.2, 0.25) is 0 Å². The molecule has 0 unspecified atom stereocenters. The Morgan fingerprint density at radius 2 is 1.50 bits per heavy atom. The highest BCUT2D eigenvalue weighted by Gasteiger charge is 2.29. The van der Waals surface area contributed by atoms with E-state index in [2.05, 4.69) is 15.7 Å². The summed E-state index contributed by atoms with van der Waals surface area (Å²) >= 11 is 0. The third-order valence-corrected chi connectivity index (χ3v) is 4.35. The van der Waals surface area contributed by atoms with Crippen molar-refractivity contribution in [3.8, 4) is 12.3 Å². The maximum atomic E-state index is 9.96. The van der Waals surface area contributed by atoms with E-state index in [1.54, 1.807) is 0 Å². The highest BCUT2D eigenvalue weighted by molar-refractivity contribution is 5.09. The fourth-order valence-electron chi connectivity index (χ4n) is 2.99. The molecule has 0 spiro atoms. The first-order valence-corrected chi connectivity index (χ1v) is 7.37. The number of hydrogen-bond acceptors (Lipinski definition) is 3. The molecule has 2 aliphatic rings. The second-order valence-corrected chi connectivity index (χ2v) is 5.77. The minimum absolute atomic E-state index is 0.729. The van der Waals surface area contributed by atoms with E-state index in [0.717, 1.165) is 32.5 Å². The van der Waals surface area contributed by atoms with E-state index in [-0.39, 0.29) is 0 Å². The first kappa shape index (κ1) is 13.9. The Hall–Kier alpha value is -0.560. The molecular weight excluding hydrogens is 224 g/mol. The van der Waals surface area contributed by atoms with E-state index in [1.165, 1.54) is 45.3 Å². The topological polar surface area (TPSA) is 26.7 Å². The van der Waals surface area contributed by atoms with Gasteiger partial charge in [0.25, 0.3) is 0 Å². The highest BCUT2D eigenvalue weighted by atomic mass is 16.3. The lowest BCUT2D eigenvalue weighted by Crippen LogP contribution is -2.44. The molecule has 18 heavy (non-hydrogen) atoms. The fraction of sp³-hybridized carbons (Fsp3) is 0.867. The van der Waals surface area contributed by atoms with Crippen molar-refractivity contribution in [2.45, 2.75) is 44.1 Å². The lowest BCUT2D eigenvalue weighted by Gasteiger charge is -2.35. The van der Waals surface area contributed by atoms with E-state index in [9.17, 15) is 5.11 Å². The highest BCUT2D eigenvalue weighted by Crippen LogP contribution is 2.21. The van der Waals surface area contributed by atoms with Gasteiger partial charge in [-0.25, -0.2) is 0 Å². The van der Waals surface area contributed by atoms with Gasteiger partial charge in [0.15, 0.2) is 0 Å². The standard InChI is InChI=1S/C15H26N2O/c1-2-15(18)7-13-17(14-8-15)12-6-11-16-9-4-3-5-10-16/h1,18H,3-14H2. The Morgan fingerprint density at radius 3 is 2.06 bits per heavy atom. The molecule has 0 aromatic heterocycles. The van der Waals surface area contributed by atoms with E-state index >= 15 is 0 Å². The van der Waals surface area contributed by atoms with Crippen LogP contribution < -0.4 is 0 Å². The van der Waals surface area contributed by atoms with Crippen molar-refractivity contribution in [2.24, 2.45) is 0 Å². The van der Waals surface area contributed by atoms with Crippen LogP contribution in [0.3, 0.4) is 0 Å². The van der Waals surface area contributed by atoms with Gasteiger partial charge in [-0.2, -0.15) is 0 Å². The van der Waals surface area contributed by atoms with Crippen molar-refractivity contribution >= 4 is 0 Å². The summed E-state index contributed by atoms with van der Waals surface area (Å²) in [7, 11) is 0. The average Bonchev–Trinajstić information content (AvgIpc) is 2.42. The van der Waals surface area contributed by atoms with E-state index < -0.39 is 5.60 Å². The Balaban J connectivity index is 1.59. The molecule has 0 aromatic rings. The van der Waals surface area contributed by atoms with E-state index in [0.29, 0.717) is 0 Å². The number of terminal acetylenes is 1. The molecule has 2 heterocycles. The zero-order chi connectivity index (χ0) is 12.8. The molecule has 2 aliphatic heterocycles. The summed E-state index contributed by atoms with van der Waals surface area (Å²) in [4.78, 5) is 5.03. The lowest BCUT2D eigenvalue weighted by atomic mass is 9.92. The van der Waals surface area contributed by atoms with Crippen LogP contribution in [-0.2, 0) is 0 Å². The summed E-state index contributed by atoms with van der Waals surface area (Å²) in [6, 6.07) is 0. The molecule has 102 valence electrons. The van der Waals surface area contributed by atoms with Crippen LogP contribution in [-0.4, -0.2) is 59.8 Å². The van der Waals surface area contributed by atoms with Crippen molar-refractivity contribution in [3.05, 3.63) is 0 Å². The van der Waals surface area contributed by atoms with Crippen molar-refractivity contribution in [3.63, 3.8) is 0 Å². The third-order valence-electron chi connectivity index (χ3n) is 4.35. The Morgan fingerprint density at radius 1 is 0.944 bits per heavy atom. The second-order valence-electron chi connectivity index (χ2n) is 5.77. The van der Waals surface area contributed by atoms with Gasteiger partial charge in [-0.05, 0) is 45.4 Å². The van der Waals surface area contributed by atoms with Gasteiger partial charge in [0.05, 0.1) is 0 Å². The van der Waals surface area contributed by atoms with Gasteiger partial charge in [-0.3, -0.25) is 0 Å². The molecule has 0 saturated carbocycles. The second kappa shape index (κ2) is 6.56. The molecular formula is C15H26N2O. The first-order valence-electron chi connectivity index (χ1n) is 7.37. The van der Waals surface area contributed by atoms with Crippen LogP contribution >= 0.6 is 0 Å². The molecule has 0 atom stereocenters. The molecule has 0 aromatic carbocycles. The number of piperidine rings is 2. The molecule has 0 radical (unpaired) electrons. The number of hydrogen-bond donors (Lipinski definition) is 1. The van der Waals surface area contributed by atoms with Crippen LogP contribution in [0.25, 0.3) is 0 Å². The fourth-order valence-corrected chi connectivity index (χ4v) is 2.99. The van der Waals surface area contributed by atoms with Gasteiger partial charge in [-0.15, -0.1) is 6.42 Å². The number of aliphatic hydroxyl groups is 1. The Bertz CT molecular complexity index is 283. The van der Waals surface area contributed by atoms with Crippen molar-refractivity contribution in [1.29, 1.82) is 0 Å². The van der Waals surface area contributed by atoms with Crippen LogP contribution in [0.1, 0.15) is 38.5 Å². The predicted molar refractivity (Wildman–Crippen MR) is 74.4 cm³/mol. The van der Waals surface area contributed by atoms with Gasteiger partial charge < -0.3 is 14.9 Å². The molecule has 3 heteroatoms. The van der Waals surface area contributed by atoms with Crippen LogP contribution in [0.5, 0.6) is 0 Å². The Labute approximate surface area is 111 Å². The monoisotopic (exact) mass is 250 g/mol. The molecule has 2 rings (SSSR count). The average molecular weight is 250 g/mol. The number of nitrogens with zero attached hydrogens (tertiary/aromatic N) is 2. The van der Waals surface area contributed by atoms with Crippen LogP contribution in [0.4, 0.5) is 0 Å². The Kier molecular flexibility index (Phi) is 5.05. The van der Waals surface area contributed by atoms with Crippen LogP contribution in [0.15, 0.2) is 0 Å². The van der Waals surface area contributed by atoms with E-state index in [1.807, 2.05) is 0 Å². The van der Waals surface area contributed by atoms with Crippen LogP contribution in [0.2, 0.25) is 0 Å². The zero-order valence-corrected chi connectivity index (χ0v) is 11.4. The summed E-state index contributed by atoms with van der Waals surface area (Å²) < 4.78 is 0. The van der Waals surface area contributed by atoms with Crippen molar-refractivity contribution in [2.75, 3.05) is 39.3 Å². The molecule has 2 saturated heterocycles. The maximum absolute atomic E-state index is 9.96. The predicted octanol–water partition coefficient (Wildman–Crippen LogP) is 1.32. The maximum Gasteiger partial charge on any atom is 0.127 e. The minimum atomic E-state index is -0.830. The summed E-state index contributed by atoms with van der Waals surface area (Å²) in [5, 5.41) is 9.96. The van der Waals surface area contributed by atoms with Gasteiger partial charge in [-0.1, -0.05) is 12.3 Å². The number of likely N-dealkylation sites (tertiary alicyclic amines) is 2. The number of rotatable bonds is 4. The molecule has 2 fully saturated rings. The smallest absolute Gasteiger partial charge is 0.127 e. The van der Waals surface area contributed by atoms with Gasteiger partial charge in [0, 0.05) is 25.9 Å². The summed E-state index contributed by atoms with van der Waals surface area (Å²) in [5.74, 6) is 2.53. The lowest BCUT2D eigenvalue weighted by molar-refractivity contribution is 0.0261.